The van der Waals surface area contributed by atoms with E-state index in [0.29, 0.717) is 29.7 Å². The lowest BCUT2D eigenvalue weighted by Gasteiger charge is -2.27. The average molecular weight is 300 g/mol. The Hall–Kier alpha value is -1.47. The molecule has 7 heteroatoms. The minimum atomic E-state index is -3.64. The van der Waals surface area contributed by atoms with E-state index in [2.05, 4.69) is 5.16 Å². The first-order valence-corrected chi connectivity index (χ1v) is 7.77. The van der Waals surface area contributed by atoms with Crippen LogP contribution in [0.1, 0.15) is 24.0 Å². The average Bonchev–Trinajstić information content (AvgIpc) is 2.37. The van der Waals surface area contributed by atoms with Crippen molar-refractivity contribution in [1.29, 1.82) is 0 Å². The summed E-state index contributed by atoms with van der Waals surface area (Å²) in [6.45, 7) is 3.73. The van der Waals surface area contributed by atoms with Crippen LogP contribution >= 0.6 is 0 Å². The first kappa shape index (κ1) is 14.9. The Morgan fingerprint density at radius 3 is 2.15 bits per heavy atom. The molecular formula is C13H17FN2O3S. The summed E-state index contributed by atoms with van der Waals surface area (Å²) < 4.78 is 39.9. The zero-order chi connectivity index (χ0) is 14.9. The molecule has 0 atom stereocenters. The van der Waals surface area contributed by atoms with Gasteiger partial charge in [0, 0.05) is 25.9 Å². The number of benzene rings is 1. The Labute approximate surface area is 117 Å². The van der Waals surface area contributed by atoms with E-state index in [0.717, 1.165) is 0 Å². The summed E-state index contributed by atoms with van der Waals surface area (Å²) >= 11 is 0. The Morgan fingerprint density at radius 2 is 1.70 bits per heavy atom. The van der Waals surface area contributed by atoms with E-state index >= 15 is 0 Å². The molecule has 2 rings (SSSR count). The second kappa shape index (κ2) is 5.49. The van der Waals surface area contributed by atoms with Gasteiger partial charge in [-0.15, -0.1) is 0 Å². The summed E-state index contributed by atoms with van der Waals surface area (Å²) in [5.74, 6) is -0.438. The molecule has 0 radical (unpaired) electrons. The Morgan fingerprint density at radius 1 is 1.20 bits per heavy atom. The van der Waals surface area contributed by atoms with E-state index in [-0.39, 0.29) is 18.0 Å². The van der Waals surface area contributed by atoms with Gasteiger partial charge in [-0.2, -0.15) is 4.31 Å². The van der Waals surface area contributed by atoms with Gasteiger partial charge in [0.25, 0.3) is 0 Å². The minimum Gasteiger partial charge on any atom is -0.411 e. The van der Waals surface area contributed by atoms with Crippen molar-refractivity contribution in [2.75, 3.05) is 13.1 Å². The van der Waals surface area contributed by atoms with Crippen molar-refractivity contribution in [3.63, 3.8) is 0 Å². The predicted octanol–water partition coefficient (Wildman–Crippen LogP) is 2.06. The third-order valence-corrected chi connectivity index (χ3v) is 5.67. The fourth-order valence-corrected chi connectivity index (χ4v) is 4.37. The fraction of sp³-hybridized carbons (Fsp3) is 0.462. The monoisotopic (exact) mass is 300 g/mol. The van der Waals surface area contributed by atoms with E-state index < -0.39 is 15.8 Å². The lowest BCUT2D eigenvalue weighted by molar-refractivity contribution is 0.309. The summed E-state index contributed by atoms with van der Waals surface area (Å²) in [5, 5.41) is 11.8. The van der Waals surface area contributed by atoms with Crippen LogP contribution in [0.15, 0.2) is 22.2 Å². The minimum absolute atomic E-state index is 0.170. The van der Waals surface area contributed by atoms with Crippen molar-refractivity contribution in [2.24, 2.45) is 5.16 Å². The van der Waals surface area contributed by atoms with Gasteiger partial charge in [0.05, 0.1) is 10.6 Å². The number of aryl methyl sites for hydroxylation is 2. The largest absolute Gasteiger partial charge is 0.411 e. The molecule has 0 aliphatic carbocycles. The van der Waals surface area contributed by atoms with Crippen LogP contribution in [-0.2, 0) is 10.0 Å². The molecule has 0 aromatic heterocycles. The zero-order valence-corrected chi connectivity index (χ0v) is 12.2. The standard InChI is InChI=1S/C13H17FN2O3S/c1-9-7-11(14)8-10(2)13(9)20(18,19)16-5-3-12(15-17)4-6-16/h7-8,17H,3-6H2,1-2H3. The Bertz CT molecular complexity index is 623. The van der Waals surface area contributed by atoms with Gasteiger partial charge in [0.2, 0.25) is 10.0 Å². The highest BCUT2D eigenvalue weighted by atomic mass is 32.2. The van der Waals surface area contributed by atoms with E-state index in [9.17, 15) is 12.8 Å². The number of hydrogen-bond donors (Lipinski definition) is 1. The molecule has 1 saturated heterocycles. The van der Waals surface area contributed by atoms with Crippen LogP contribution in [0.25, 0.3) is 0 Å². The van der Waals surface area contributed by atoms with Crippen LogP contribution in [0.4, 0.5) is 4.39 Å². The molecule has 0 amide bonds. The summed E-state index contributed by atoms with van der Waals surface area (Å²) in [4.78, 5) is 0.170. The number of piperidine rings is 1. The van der Waals surface area contributed by atoms with Gasteiger partial charge >= 0.3 is 0 Å². The van der Waals surface area contributed by atoms with Gasteiger partial charge in [-0.3, -0.25) is 0 Å². The number of hydrogen-bond acceptors (Lipinski definition) is 4. The zero-order valence-electron chi connectivity index (χ0n) is 11.4. The Kier molecular flexibility index (Phi) is 4.10. The normalized spacial score (nSPS) is 17.2. The molecule has 1 fully saturated rings. The maximum atomic E-state index is 13.3. The molecule has 5 nitrogen and oxygen atoms in total. The number of sulfonamides is 1. The Balaban J connectivity index is 2.37. The van der Waals surface area contributed by atoms with Crippen LogP contribution < -0.4 is 0 Å². The van der Waals surface area contributed by atoms with Crippen molar-refractivity contribution in [1.82, 2.24) is 4.31 Å². The van der Waals surface area contributed by atoms with Crippen LogP contribution in [0.5, 0.6) is 0 Å². The van der Waals surface area contributed by atoms with E-state index in [1.807, 2.05) is 0 Å². The highest BCUT2D eigenvalue weighted by Gasteiger charge is 2.30. The van der Waals surface area contributed by atoms with Crippen LogP contribution in [0, 0.1) is 19.7 Å². The number of rotatable bonds is 2. The number of oxime groups is 1. The number of nitrogens with zero attached hydrogens (tertiary/aromatic N) is 2. The lowest BCUT2D eigenvalue weighted by atomic mass is 10.1. The summed E-state index contributed by atoms with van der Waals surface area (Å²) in [7, 11) is -3.64. The van der Waals surface area contributed by atoms with E-state index in [4.69, 9.17) is 5.21 Å². The maximum Gasteiger partial charge on any atom is 0.243 e. The third-order valence-electron chi connectivity index (χ3n) is 3.46. The molecule has 1 N–H and O–H groups in total. The molecule has 110 valence electrons. The van der Waals surface area contributed by atoms with Gasteiger partial charge in [-0.05, 0) is 37.1 Å². The van der Waals surface area contributed by atoms with Gasteiger partial charge in [-0.25, -0.2) is 12.8 Å². The van der Waals surface area contributed by atoms with Crippen LogP contribution in [0.2, 0.25) is 0 Å². The highest BCUT2D eigenvalue weighted by Crippen LogP contribution is 2.26. The van der Waals surface area contributed by atoms with Gasteiger partial charge in [0.15, 0.2) is 0 Å². The maximum absolute atomic E-state index is 13.3. The number of halogens is 1. The topological polar surface area (TPSA) is 70.0 Å². The molecule has 1 aromatic rings. The second-order valence-electron chi connectivity index (χ2n) is 4.94. The van der Waals surface area contributed by atoms with Crippen molar-refractivity contribution in [3.8, 4) is 0 Å². The first-order valence-electron chi connectivity index (χ1n) is 6.33. The molecule has 0 bridgehead atoms. The SMILES string of the molecule is Cc1cc(F)cc(C)c1S(=O)(=O)N1CCC(=NO)CC1. The third kappa shape index (κ3) is 2.69. The predicted molar refractivity (Wildman–Crippen MR) is 73.1 cm³/mol. The molecule has 20 heavy (non-hydrogen) atoms. The summed E-state index contributed by atoms with van der Waals surface area (Å²) in [5.41, 5.74) is 1.41. The highest BCUT2D eigenvalue weighted by molar-refractivity contribution is 7.89. The van der Waals surface area contributed by atoms with Gasteiger partial charge in [-0.1, -0.05) is 5.16 Å². The fourth-order valence-electron chi connectivity index (χ4n) is 2.52. The first-order chi connectivity index (χ1) is 9.36. The van der Waals surface area contributed by atoms with Crippen molar-refractivity contribution in [3.05, 3.63) is 29.1 Å². The van der Waals surface area contributed by atoms with Crippen molar-refractivity contribution in [2.45, 2.75) is 31.6 Å². The van der Waals surface area contributed by atoms with Crippen LogP contribution in [-0.4, -0.2) is 36.7 Å². The van der Waals surface area contributed by atoms with Crippen molar-refractivity contribution >= 4 is 15.7 Å². The van der Waals surface area contributed by atoms with Crippen molar-refractivity contribution < 1.29 is 18.0 Å². The molecule has 0 spiro atoms. The summed E-state index contributed by atoms with van der Waals surface area (Å²) in [6.07, 6.45) is 0.823. The van der Waals surface area contributed by atoms with Gasteiger partial charge < -0.3 is 5.21 Å². The molecule has 1 heterocycles. The molecule has 1 aromatic carbocycles. The molecule has 1 aliphatic rings. The van der Waals surface area contributed by atoms with E-state index in [1.165, 1.54) is 16.4 Å². The molecule has 0 unspecified atom stereocenters. The summed E-state index contributed by atoms with van der Waals surface area (Å²) in [6, 6.07) is 2.45. The lowest BCUT2D eigenvalue weighted by Crippen LogP contribution is -2.39. The smallest absolute Gasteiger partial charge is 0.243 e. The molecule has 0 saturated carbocycles. The molecule has 1 aliphatic heterocycles. The van der Waals surface area contributed by atoms with Gasteiger partial charge in [0.1, 0.15) is 5.82 Å². The van der Waals surface area contributed by atoms with Crippen LogP contribution in [0.3, 0.4) is 0 Å². The quantitative estimate of drug-likeness (QED) is 0.671. The second-order valence-corrected chi connectivity index (χ2v) is 6.81. The molecular weight excluding hydrogens is 283 g/mol. The van der Waals surface area contributed by atoms with E-state index in [1.54, 1.807) is 13.8 Å².